The molecule has 1 aliphatic heterocycles. The van der Waals surface area contributed by atoms with Crippen molar-refractivity contribution in [2.75, 3.05) is 13.2 Å². The van der Waals surface area contributed by atoms with Crippen molar-refractivity contribution < 1.29 is 9.84 Å². The van der Waals surface area contributed by atoms with Gasteiger partial charge in [0.05, 0.1) is 31.7 Å². The van der Waals surface area contributed by atoms with Gasteiger partial charge >= 0.3 is 0 Å². The molecule has 1 aliphatic rings. The fourth-order valence-electron chi connectivity index (χ4n) is 2.10. The Bertz CT molecular complexity index is 544. The molecule has 0 bridgehead atoms. The summed E-state index contributed by atoms with van der Waals surface area (Å²) in [6.45, 7) is 0.594. The van der Waals surface area contributed by atoms with Crippen molar-refractivity contribution in [3.63, 3.8) is 0 Å². The van der Waals surface area contributed by atoms with Gasteiger partial charge in [-0.15, -0.1) is 0 Å². The number of aliphatic hydroxyl groups excluding tert-OH is 1. The van der Waals surface area contributed by atoms with Gasteiger partial charge in [0.15, 0.2) is 10.8 Å². The van der Waals surface area contributed by atoms with Crippen molar-refractivity contribution in [1.29, 1.82) is 0 Å². The van der Waals surface area contributed by atoms with E-state index in [1.165, 1.54) is 6.33 Å². The van der Waals surface area contributed by atoms with Gasteiger partial charge in [0.2, 0.25) is 0 Å². The van der Waals surface area contributed by atoms with E-state index in [4.69, 9.17) is 21.4 Å². The molecule has 2 aromatic rings. The minimum atomic E-state index is -0.102. The normalized spacial score (nSPS) is 24.6. The van der Waals surface area contributed by atoms with E-state index < -0.39 is 0 Å². The first-order valence-corrected chi connectivity index (χ1v) is 5.73. The molecular weight excluding hydrogens is 244 g/mol. The molecule has 1 fully saturated rings. The lowest BCUT2D eigenvalue weighted by atomic mass is 10.2. The Hall–Kier alpha value is -1.24. The van der Waals surface area contributed by atoms with Crippen LogP contribution >= 0.6 is 11.6 Å². The SMILES string of the molecule is OC[C@H]1CC(n2cnc3c(Cl)ncnc32)CO1. The quantitative estimate of drug-likeness (QED) is 0.803. The summed E-state index contributed by atoms with van der Waals surface area (Å²) < 4.78 is 7.37. The molecule has 6 nitrogen and oxygen atoms in total. The maximum atomic E-state index is 9.04. The summed E-state index contributed by atoms with van der Waals surface area (Å²) in [6, 6.07) is 0.142. The van der Waals surface area contributed by atoms with Crippen molar-refractivity contribution in [2.45, 2.75) is 18.6 Å². The monoisotopic (exact) mass is 254 g/mol. The third-order valence-electron chi connectivity index (χ3n) is 2.97. The van der Waals surface area contributed by atoms with Crippen molar-refractivity contribution >= 4 is 22.8 Å². The van der Waals surface area contributed by atoms with Crippen LogP contribution < -0.4 is 0 Å². The largest absolute Gasteiger partial charge is 0.394 e. The Morgan fingerprint density at radius 3 is 3.12 bits per heavy atom. The van der Waals surface area contributed by atoms with Crippen LogP contribution in [0.5, 0.6) is 0 Å². The van der Waals surface area contributed by atoms with Gasteiger partial charge in [-0.05, 0) is 6.42 Å². The van der Waals surface area contributed by atoms with Crippen LogP contribution in [0.1, 0.15) is 12.5 Å². The molecule has 7 heteroatoms. The summed E-state index contributed by atoms with van der Waals surface area (Å²) in [5.74, 6) is 0. The number of halogens is 1. The van der Waals surface area contributed by atoms with Crippen LogP contribution in [-0.4, -0.2) is 43.9 Å². The third kappa shape index (κ3) is 1.78. The van der Waals surface area contributed by atoms with Crippen molar-refractivity contribution in [2.24, 2.45) is 0 Å². The zero-order chi connectivity index (χ0) is 11.8. The fourth-order valence-corrected chi connectivity index (χ4v) is 2.28. The minimum Gasteiger partial charge on any atom is -0.394 e. The van der Waals surface area contributed by atoms with Gasteiger partial charge in [0, 0.05) is 0 Å². The van der Waals surface area contributed by atoms with E-state index in [-0.39, 0.29) is 18.8 Å². The number of aliphatic hydroxyl groups is 1. The number of fused-ring (bicyclic) bond motifs is 1. The van der Waals surface area contributed by atoms with Crippen LogP contribution in [0.15, 0.2) is 12.7 Å². The van der Waals surface area contributed by atoms with E-state index in [2.05, 4.69) is 15.0 Å². The molecule has 3 rings (SSSR count). The van der Waals surface area contributed by atoms with Gasteiger partial charge in [-0.2, -0.15) is 0 Å². The van der Waals surface area contributed by atoms with Crippen LogP contribution in [0.4, 0.5) is 0 Å². The Balaban J connectivity index is 1.99. The highest BCUT2D eigenvalue weighted by Gasteiger charge is 2.27. The molecule has 0 amide bonds. The number of hydrogen-bond donors (Lipinski definition) is 1. The summed E-state index contributed by atoms with van der Waals surface area (Å²) in [5, 5.41) is 9.40. The molecule has 1 unspecified atom stereocenters. The number of nitrogens with zero attached hydrogens (tertiary/aromatic N) is 4. The molecule has 0 saturated carbocycles. The number of imidazole rings is 1. The molecule has 90 valence electrons. The molecule has 3 heterocycles. The van der Waals surface area contributed by atoms with Crippen LogP contribution in [0.3, 0.4) is 0 Å². The van der Waals surface area contributed by atoms with E-state index >= 15 is 0 Å². The number of hydrogen-bond acceptors (Lipinski definition) is 5. The van der Waals surface area contributed by atoms with Crippen molar-refractivity contribution in [1.82, 2.24) is 19.5 Å². The average molecular weight is 255 g/mol. The second-order valence-corrected chi connectivity index (χ2v) is 4.37. The standard InChI is InChI=1S/C10H11ClN4O2/c11-9-8-10(13-4-12-9)15(5-14-8)6-1-7(2-16)17-3-6/h4-7,16H,1-3H2/t6?,7-/m1/s1. The summed E-state index contributed by atoms with van der Waals surface area (Å²) in [6.07, 6.45) is 3.76. The summed E-state index contributed by atoms with van der Waals surface area (Å²) in [4.78, 5) is 12.3. The predicted molar refractivity (Wildman–Crippen MR) is 60.8 cm³/mol. The number of aromatic nitrogens is 4. The van der Waals surface area contributed by atoms with E-state index in [1.807, 2.05) is 4.57 Å². The molecule has 0 aliphatic carbocycles. The Morgan fingerprint density at radius 2 is 2.35 bits per heavy atom. The van der Waals surface area contributed by atoms with Crippen LogP contribution in [-0.2, 0) is 4.74 Å². The zero-order valence-electron chi connectivity index (χ0n) is 8.95. The van der Waals surface area contributed by atoms with E-state index in [9.17, 15) is 0 Å². The van der Waals surface area contributed by atoms with Gasteiger partial charge in [-0.1, -0.05) is 11.6 Å². The number of ether oxygens (including phenoxy) is 1. The van der Waals surface area contributed by atoms with E-state index in [1.54, 1.807) is 6.33 Å². The van der Waals surface area contributed by atoms with Gasteiger partial charge in [-0.3, -0.25) is 0 Å². The Kier molecular flexibility index (Phi) is 2.70. The number of rotatable bonds is 2. The lowest BCUT2D eigenvalue weighted by molar-refractivity contribution is 0.0576. The van der Waals surface area contributed by atoms with E-state index in [0.29, 0.717) is 22.9 Å². The van der Waals surface area contributed by atoms with Gasteiger partial charge in [0.1, 0.15) is 11.8 Å². The first kappa shape index (κ1) is 10.9. The molecule has 0 aromatic carbocycles. The summed E-state index contributed by atoms with van der Waals surface area (Å²) >= 11 is 5.93. The Morgan fingerprint density at radius 1 is 1.47 bits per heavy atom. The third-order valence-corrected chi connectivity index (χ3v) is 3.25. The zero-order valence-corrected chi connectivity index (χ0v) is 9.71. The smallest absolute Gasteiger partial charge is 0.165 e. The molecule has 2 aromatic heterocycles. The summed E-state index contributed by atoms with van der Waals surface area (Å²) in [7, 11) is 0. The molecule has 2 atom stereocenters. The molecule has 17 heavy (non-hydrogen) atoms. The van der Waals surface area contributed by atoms with Crippen molar-refractivity contribution in [3.8, 4) is 0 Å². The van der Waals surface area contributed by atoms with Crippen LogP contribution in [0.2, 0.25) is 5.15 Å². The predicted octanol–water partition coefficient (Wildman–Crippen LogP) is 0.802. The first-order valence-electron chi connectivity index (χ1n) is 5.35. The minimum absolute atomic E-state index is 0.0405. The van der Waals surface area contributed by atoms with Crippen molar-refractivity contribution in [3.05, 3.63) is 17.8 Å². The molecule has 0 radical (unpaired) electrons. The lowest BCUT2D eigenvalue weighted by Gasteiger charge is -2.09. The summed E-state index contributed by atoms with van der Waals surface area (Å²) in [5.41, 5.74) is 1.30. The first-order chi connectivity index (χ1) is 8.29. The topological polar surface area (TPSA) is 73.1 Å². The molecule has 0 spiro atoms. The maximum absolute atomic E-state index is 9.04. The second-order valence-electron chi connectivity index (χ2n) is 4.02. The van der Waals surface area contributed by atoms with Gasteiger partial charge < -0.3 is 14.4 Å². The second kappa shape index (κ2) is 4.21. The van der Waals surface area contributed by atoms with Crippen LogP contribution in [0.25, 0.3) is 11.2 Å². The average Bonchev–Trinajstić information content (AvgIpc) is 2.94. The lowest BCUT2D eigenvalue weighted by Crippen LogP contribution is -2.11. The highest BCUT2D eigenvalue weighted by Crippen LogP contribution is 2.28. The molecular formula is C10H11ClN4O2. The van der Waals surface area contributed by atoms with E-state index in [0.717, 1.165) is 6.42 Å². The van der Waals surface area contributed by atoms with Gasteiger partial charge in [0.25, 0.3) is 0 Å². The van der Waals surface area contributed by atoms with Gasteiger partial charge in [-0.25, -0.2) is 15.0 Å². The molecule has 1 N–H and O–H groups in total. The maximum Gasteiger partial charge on any atom is 0.165 e. The highest BCUT2D eigenvalue weighted by atomic mass is 35.5. The highest BCUT2D eigenvalue weighted by molar-refractivity contribution is 6.33. The fraction of sp³-hybridized carbons (Fsp3) is 0.500. The van der Waals surface area contributed by atoms with Crippen LogP contribution in [0, 0.1) is 0 Å². The Labute approximate surface area is 102 Å². The molecule has 1 saturated heterocycles.